The summed E-state index contributed by atoms with van der Waals surface area (Å²) >= 11 is 0. The van der Waals surface area contributed by atoms with Gasteiger partial charge in [0.05, 0.1) is 23.3 Å². The van der Waals surface area contributed by atoms with Gasteiger partial charge >= 0.3 is 5.97 Å². The Labute approximate surface area is 313 Å². The fourth-order valence-corrected chi connectivity index (χ4v) is 15.5. The molecule has 282 valence electrons. The second-order valence-corrected chi connectivity index (χ2v) is 20.8. The maximum atomic E-state index is 15.6. The third kappa shape index (κ3) is 4.75. The number of carbonyl (C=O) groups is 2. The van der Waals surface area contributed by atoms with Crippen LogP contribution >= 0.6 is 0 Å². The average molecular weight is 708 g/mol. The van der Waals surface area contributed by atoms with Crippen LogP contribution in [0, 0.1) is 62.1 Å². The molecule has 11 atom stereocenters. The second-order valence-electron chi connectivity index (χ2n) is 20.8. The first kappa shape index (κ1) is 35.1. The maximum absolute atomic E-state index is 15.6. The Bertz CT molecular complexity index is 1730. The lowest BCUT2D eigenvalue weighted by Gasteiger charge is -2.73. The summed E-state index contributed by atoms with van der Waals surface area (Å²) < 4.78 is 6.02. The van der Waals surface area contributed by atoms with Crippen molar-refractivity contribution < 1.29 is 14.3 Å². The summed E-state index contributed by atoms with van der Waals surface area (Å²) in [4.78, 5) is 38.6. The molecule has 0 radical (unpaired) electrons. The Hall–Kier alpha value is -2.63. The second kappa shape index (κ2) is 11.7. The maximum Gasteiger partial charge on any atom is 0.302 e. The van der Waals surface area contributed by atoms with Crippen LogP contribution in [-0.2, 0) is 14.3 Å². The highest BCUT2D eigenvalue weighted by Crippen LogP contribution is 2.79. The summed E-state index contributed by atoms with van der Waals surface area (Å²) in [6.45, 7) is 17.9. The van der Waals surface area contributed by atoms with E-state index in [1.54, 1.807) is 6.92 Å². The molecule has 1 amide bonds. The number of ether oxygens (including phenoxy) is 1. The summed E-state index contributed by atoms with van der Waals surface area (Å²) in [7, 11) is 0. The predicted molar refractivity (Wildman–Crippen MR) is 205 cm³/mol. The number of aromatic nitrogens is 2. The number of benzene rings is 1. The van der Waals surface area contributed by atoms with Crippen LogP contribution in [0.3, 0.4) is 0 Å². The molecule has 9 rings (SSSR count). The van der Waals surface area contributed by atoms with Crippen molar-refractivity contribution in [3.8, 4) is 11.3 Å². The van der Waals surface area contributed by atoms with Crippen LogP contribution in [0.5, 0.6) is 0 Å². The number of esters is 1. The minimum absolute atomic E-state index is 0.0136. The largest absolute Gasteiger partial charge is 0.462 e. The Morgan fingerprint density at radius 2 is 1.56 bits per heavy atom. The quantitative estimate of drug-likeness (QED) is 0.314. The lowest BCUT2D eigenvalue weighted by molar-refractivity contribution is -0.251. The van der Waals surface area contributed by atoms with Crippen molar-refractivity contribution in [3.05, 3.63) is 42.4 Å². The van der Waals surface area contributed by atoms with Crippen molar-refractivity contribution in [1.29, 1.82) is 0 Å². The smallest absolute Gasteiger partial charge is 0.302 e. The lowest BCUT2D eigenvalue weighted by atomic mass is 9.32. The molecule has 1 aromatic carbocycles. The summed E-state index contributed by atoms with van der Waals surface area (Å²) in [5.74, 6) is 4.25. The van der Waals surface area contributed by atoms with E-state index in [0.29, 0.717) is 40.9 Å². The van der Waals surface area contributed by atoms with Gasteiger partial charge in [-0.25, -0.2) is 4.98 Å². The minimum atomic E-state index is -0.244. The van der Waals surface area contributed by atoms with Crippen LogP contribution in [0.25, 0.3) is 11.3 Å². The van der Waals surface area contributed by atoms with Crippen LogP contribution in [0.4, 0.5) is 0 Å². The zero-order valence-electron chi connectivity index (χ0n) is 33.2. The molecule has 6 saturated carbocycles. The molecule has 1 aromatic heterocycles. The van der Waals surface area contributed by atoms with Crippen molar-refractivity contribution in [1.82, 2.24) is 14.9 Å². The molecule has 6 nitrogen and oxygen atoms in total. The molecule has 2 aromatic rings. The zero-order chi connectivity index (χ0) is 36.5. The van der Waals surface area contributed by atoms with Crippen LogP contribution in [-0.4, -0.2) is 39.4 Å². The first-order valence-corrected chi connectivity index (χ1v) is 21.3. The Kier molecular flexibility index (Phi) is 7.89. The van der Waals surface area contributed by atoms with Gasteiger partial charge in [0.25, 0.3) is 0 Å². The van der Waals surface area contributed by atoms with Crippen LogP contribution in [0.1, 0.15) is 150 Å². The molecular weight excluding hydrogens is 643 g/mol. The average Bonchev–Trinajstić information content (AvgIpc) is 3.50. The monoisotopic (exact) mass is 708 g/mol. The molecule has 1 N–H and O–H groups in total. The van der Waals surface area contributed by atoms with Crippen LogP contribution < -0.4 is 0 Å². The zero-order valence-corrected chi connectivity index (χ0v) is 33.2. The Morgan fingerprint density at radius 3 is 2.29 bits per heavy atom. The van der Waals surface area contributed by atoms with Gasteiger partial charge in [-0.2, -0.15) is 0 Å². The number of nitrogens with one attached hydrogen (secondary N) is 1. The normalized spacial score (nSPS) is 44.2. The highest BCUT2D eigenvalue weighted by molar-refractivity contribution is 5.84. The highest BCUT2D eigenvalue weighted by Gasteiger charge is 2.74. The molecule has 1 saturated heterocycles. The summed E-state index contributed by atoms with van der Waals surface area (Å²) in [5.41, 5.74) is 3.03. The van der Waals surface area contributed by atoms with E-state index in [2.05, 4.69) is 81.8 Å². The van der Waals surface area contributed by atoms with Crippen molar-refractivity contribution >= 4 is 11.9 Å². The van der Waals surface area contributed by atoms with E-state index >= 15 is 4.79 Å². The molecule has 7 fully saturated rings. The van der Waals surface area contributed by atoms with Gasteiger partial charge in [-0.05, 0) is 147 Å². The number of carbonyl (C=O) groups excluding carboxylic acids is 2. The number of nitrogens with zero attached hydrogens (tertiary/aromatic N) is 2. The van der Waals surface area contributed by atoms with Gasteiger partial charge in [-0.15, -0.1) is 0 Å². The highest BCUT2D eigenvalue weighted by atomic mass is 16.5. The standard InChI is InChI=1S/C46H65N3O3/c1-29(50)52-37-19-20-43(5)35(41(37,2)3)18-21-45(7)36(43)16-15-32-38-31(42(4)23-24-42)17-22-46(38,26-25-44(32,45)6)40(51)49-27-11-14-34(49)39-47-28-33(48-39)30-12-9-8-10-13-30/h8-10,12-13,28,31-32,34-38H,11,14-27H2,1-7H3,(H,47,48)/t31?,32-,34+,35?,36?,37+,38?,43+,44-,45-,46+/m1/s1. The number of H-pyrrole nitrogens is 1. The molecular formula is C46H65N3O3. The molecule has 6 heteroatoms. The molecule has 1 aliphatic heterocycles. The van der Waals surface area contributed by atoms with Crippen molar-refractivity contribution in [2.75, 3.05) is 6.54 Å². The Balaban J connectivity index is 1.04. The number of hydrogen-bond donors (Lipinski definition) is 1. The first-order chi connectivity index (χ1) is 24.7. The number of amides is 1. The van der Waals surface area contributed by atoms with E-state index in [9.17, 15) is 4.79 Å². The molecule has 6 aliphatic carbocycles. The van der Waals surface area contributed by atoms with E-state index in [4.69, 9.17) is 9.72 Å². The number of fused-ring (bicyclic) bond motifs is 7. The number of hydrogen-bond acceptors (Lipinski definition) is 4. The summed E-state index contributed by atoms with van der Waals surface area (Å²) in [6.07, 6.45) is 18.4. The topological polar surface area (TPSA) is 75.3 Å². The van der Waals surface area contributed by atoms with Crippen molar-refractivity contribution in [2.24, 2.45) is 62.1 Å². The molecule has 4 unspecified atom stereocenters. The van der Waals surface area contributed by atoms with Crippen molar-refractivity contribution in [2.45, 2.75) is 151 Å². The molecule has 2 heterocycles. The molecule has 7 aliphatic rings. The van der Waals surface area contributed by atoms with Crippen LogP contribution in [0.15, 0.2) is 36.5 Å². The third-order valence-corrected chi connectivity index (χ3v) is 18.6. The van der Waals surface area contributed by atoms with E-state index in [1.165, 1.54) is 51.4 Å². The fraction of sp³-hybridized carbons (Fsp3) is 0.761. The number of aromatic amines is 1. The summed E-state index contributed by atoms with van der Waals surface area (Å²) in [6, 6.07) is 10.5. The van der Waals surface area contributed by atoms with Crippen molar-refractivity contribution in [3.63, 3.8) is 0 Å². The van der Waals surface area contributed by atoms with Crippen LogP contribution in [0.2, 0.25) is 0 Å². The molecule has 0 bridgehead atoms. The predicted octanol–water partition coefficient (Wildman–Crippen LogP) is 10.6. The lowest BCUT2D eigenvalue weighted by Crippen LogP contribution is -2.67. The molecule has 52 heavy (non-hydrogen) atoms. The van der Waals surface area contributed by atoms with E-state index in [0.717, 1.165) is 62.2 Å². The van der Waals surface area contributed by atoms with Gasteiger partial charge in [0.15, 0.2) is 0 Å². The van der Waals surface area contributed by atoms with Gasteiger partial charge in [0, 0.05) is 18.9 Å². The van der Waals surface area contributed by atoms with E-state index < -0.39 is 0 Å². The summed E-state index contributed by atoms with van der Waals surface area (Å²) in [5, 5.41) is 0. The first-order valence-electron chi connectivity index (χ1n) is 21.3. The third-order valence-electron chi connectivity index (χ3n) is 18.6. The van der Waals surface area contributed by atoms with Gasteiger partial charge in [-0.1, -0.05) is 71.9 Å². The number of likely N-dealkylation sites (tertiary alicyclic amines) is 1. The number of rotatable bonds is 5. The van der Waals surface area contributed by atoms with Gasteiger partial charge in [-0.3, -0.25) is 9.59 Å². The Morgan fingerprint density at radius 1 is 0.788 bits per heavy atom. The van der Waals surface area contributed by atoms with E-state index in [1.807, 2.05) is 6.20 Å². The minimum Gasteiger partial charge on any atom is -0.462 e. The van der Waals surface area contributed by atoms with Gasteiger partial charge in [0.2, 0.25) is 5.91 Å². The fourth-order valence-electron chi connectivity index (χ4n) is 15.5. The SMILES string of the molecule is CC(=O)O[C@H]1CC[C@@]2(C)C(CC[C@]3(C)C2CC[C@@H]2C4C(C5(C)CC5)CC[C@]4(C(=O)N4CCC[C@H]4c4ncc(-c5ccccc5)[nH]4)CC[C@]23C)C1(C)C. The van der Waals surface area contributed by atoms with E-state index in [-0.39, 0.29) is 45.2 Å². The molecule has 0 spiro atoms. The number of imidazole rings is 1. The van der Waals surface area contributed by atoms with Gasteiger partial charge in [0.1, 0.15) is 11.9 Å². The van der Waals surface area contributed by atoms with Gasteiger partial charge < -0.3 is 14.6 Å².